The van der Waals surface area contributed by atoms with Crippen LogP contribution in [0.5, 0.6) is 11.5 Å². The van der Waals surface area contributed by atoms with Crippen LogP contribution in [0.4, 0.5) is 5.82 Å². The third-order valence-electron chi connectivity index (χ3n) is 2.88. The Bertz CT molecular complexity index is 783. The minimum absolute atomic E-state index is 0.464. The predicted octanol–water partition coefficient (Wildman–Crippen LogP) is 2.24. The van der Waals surface area contributed by atoms with Gasteiger partial charge in [-0.3, -0.25) is 9.78 Å². The molecule has 7 nitrogen and oxygen atoms in total. The van der Waals surface area contributed by atoms with Crippen LogP contribution in [0.3, 0.4) is 0 Å². The number of rotatable bonds is 5. The number of nitrogens with one attached hydrogen (secondary N) is 1. The first-order valence-electron chi connectivity index (χ1n) is 6.53. The van der Waals surface area contributed by atoms with Crippen molar-refractivity contribution in [3.8, 4) is 22.9 Å². The van der Waals surface area contributed by atoms with Gasteiger partial charge in [-0.15, -0.1) is 0 Å². The van der Waals surface area contributed by atoms with E-state index < -0.39 is 0 Å². The predicted molar refractivity (Wildman–Crippen MR) is 80.4 cm³/mol. The van der Waals surface area contributed by atoms with Crippen LogP contribution in [0.15, 0.2) is 49.2 Å². The Morgan fingerprint density at radius 2 is 2.05 bits per heavy atom. The van der Waals surface area contributed by atoms with Crippen LogP contribution in [0.2, 0.25) is 0 Å². The molecule has 1 N–H and O–H groups in total. The second kappa shape index (κ2) is 6.04. The number of hydrogen-bond donors (Lipinski definition) is 1. The summed E-state index contributed by atoms with van der Waals surface area (Å²) in [6.07, 6.45) is 7.37. The van der Waals surface area contributed by atoms with E-state index in [4.69, 9.17) is 4.74 Å². The molecule has 0 aliphatic carbocycles. The number of aromatic nitrogens is 4. The van der Waals surface area contributed by atoms with Crippen molar-refractivity contribution in [3.63, 3.8) is 0 Å². The molecule has 3 heterocycles. The minimum Gasteiger partial charge on any atom is -0.456 e. The van der Waals surface area contributed by atoms with E-state index in [9.17, 15) is 4.79 Å². The molecule has 7 heteroatoms. The maximum Gasteiger partial charge on any atom is 0.212 e. The third-order valence-corrected chi connectivity index (χ3v) is 2.88. The van der Waals surface area contributed by atoms with Crippen molar-refractivity contribution in [3.05, 3.63) is 49.2 Å². The Morgan fingerprint density at radius 3 is 2.73 bits per heavy atom. The van der Waals surface area contributed by atoms with Crippen LogP contribution >= 0.6 is 0 Å². The molecule has 0 saturated carbocycles. The van der Waals surface area contributed by atoms with Gasteiger partial charge < -0.3 is 14.6 Å². The van der Waals surface area contributed by atoms with Crippen molar-refractivity contribution in [2.24, 2.45) is 7.05 Å². The van der Waals surface area contributed by atoms with Crippen LogP contribution in [-0.4, -0.2) is 25.9 Å². The first-order chi connectivity index (χ1) is 10.7. The standard InChI is InChI=1S/C15H13N5O2/c1-20-8-14(18-9-20)13-6-11(4-5-16-13)22-12-2-3-15(17-7-12)19-10-21/h2-10H,1H3,(H,17,19,21). The number of ether oxygens (including phenoxy) is 1. The van der Waals surface area contributed by atoms with E-state index in [0.717, 1.165) is 11.4 Å². The number of amides is 1. The Morgan fingerprint density at radius 1 is 1.14 bits per heavy atom. The molecule has 3 aromatic rings. The summed E-state index contributed by atoms with van der Waals surface area (Å²) in [4.78, 5) is 22.9. The molecule has 0 unspecified atom stereocenters. The highest BCUT2D eigenvalue weighted by atomic mass is 16.5. The first-order valence-corrected chi connectivity index (χ1v) is 6.53. The summed E-state index contributed by atoms with van der Waals surface area (Å²) in [6, 6.07) is 6.94. The fourth-order valence-electron chi connectivity index (χ4n) is 1.88. The van der Waals surface area contributed by atoms with Gasteiger partial charge in [-0.2, -0.15) is 0 Å². The summed E-state index contributed by atoms with van der Waals surface area (Å²) in [5.74, 6) is 1.66. The van der Waals surface area contributed by atoms with Crippen LogP contribution in [-0.2, 0) is 11.8 Å². The number of carbonyl (C=O) groups excluding carboxylic acids is 1. The lowest BCUT2D eigenvalue weighted by atomic mass is 10.3. The summed E-state index contributed by atoms with van der Waals surface area (Å²) in [5.41, 5.74) is 1.50. The van der Waals surface area contributed by atoms with Gasteiger partial charge >= 0.3 is 0 Å². The fourth-order valence-corrected chi connectivity index (χ4v) is 1.88. The van der Waals surface area contributed by atoms with Gasteiger partial charge in [0.1, 0.15) is 23.0 Å². The second-order valence-corrected chi connectivity index (χ2v) is 4.54. The number of anilines is 1. The maximum atomic E-state index is 10.3. The highest BCUT2D eigenvalue weighted by Crippen LogP contribution is 2.24. The molecule has 110 valence electrons. The molecule has 22 heavy (non-hydrogen) atoms. The normalized spacial score (nSPS) is 10.2. The van der Waals surface area contributed by atoms with E-state index in [0.29, 0.717) is 23.7 Å². The Kier molecular flexibility index (Phi) is 3.78. The molecule has 0 aliphatic heterocycles. The molecule has 0 bridgehead atoms. The van der Waals surface area contributed by atoms with Gasteiger partial charge in [0.15, 0.2) is 0 Å². The molecule has 0 radical (unpaired) electrons. The SMILES string of the molecule is Cn1cnc(-c2cc(Oc3ccc(NC=O)nc3)ccn2)c1. The van der Waals surface area contributed by atoms with E-state index in [-0.39, 0.29) is 0 Å². The van der Waals surface area contributed by atoms with Crippen molar-refractivity contribution < 1.29 is 9.53 Å². The number of hydrogen-bond acceptors (Lipinski definition) is 5. The summed E-state index contributed by atoms with van der Waals surface area (Å²) in [6.45, 7) is 0. The zero-order chi connectivity index (χ0) is 15.4. The topological polar surface area (TPSA) is 81.9 Å². The molecule has 0 aliphatic rings. The zero-order valence-corrected chi connectivity index (χ0v) is 11.8. The number of carbonyl (C=O) groups is 1. The lowest BCUT2D eigenvalue weighted by molar-refractivity contribution is -0.105. The molecule has 3 aromatic heterocycles. The smallest absolute Gasteiger partial charge is 0.212 e. The lowest BCUT2D eigenvalue weighted by Gasteiger charge is -2.06. The molecule has 3 rings (SSSR count). The molecule has 0 saturated heterocycles. The monoisotopic (exact) mass is 295 g/mol. The van der Waals surface area contributed by atoms with Gasteiger partial charge in [-0.25, -0.2) is 9.97 Å². The number of aryl methyl sites for hydroxylation is 1. The molecular weight excluding hydrogens is 282 g/mol. The summed E-state index contributed by atoms with van der Waals surface area (Å²) in [5, 5.41) is 2.46. The largest absolute Gasteiger partial charge is 0.456 e. The molecule has 0 spiro atoms. The maximum absolute atomic E-state index is 10.3. The van der Waals surface area contributed by atoms with Gasteiger partial charge in [0.05, 0.1) is 18.2 Å². The second-order valence-electron chi connectivity index (χ2n) is 4.54. The van der Waals surface area contributed by atoms with Gasteiger partial charge in [0.25, 0.3) is 0 Å². The third kappa shape index (κ3) is 3.09. The molecule has 0 atom stereocenters. The van der Waals surface area contributed by atoms with Gasteiger partial charge in [-0.1, -0.05) is 0 Å². The van der Waals surface area contributed by atoms with E-state index in [1.807, 2.05) is 17.8 Å². The van der Waals surface area contributed by atoms with Gasteiger partial charge in [-0.05, 0) is 18.2 Å². The quantitative estimate of drug-likeness (QED) is 0.730. The molecule has 1 amide bonds. The van der Waals surface area contributed by atoms with Crippen LogP contribution in [0.25, 0.3) is 11.4 Å². The summed E-state index contributed by atoms with van der Waals surface area (Å²) < 4.78 is 7.58. The number of pyridine rings is 2. The van der Waals surface area contributed by atoms with Crippen molar-refractivity contribution in [2.75, 3.05) is 5.32 Å². The van der Waals surface area contributed by atoms with E-state index >= 15 is 0 Å². The van der Waals surface area contributed by atoms with Crippen LogP contribution in [0.1, 0.15) is 0 Å². The molecule has 0 aromatic carbocycles. The van der Waals surface area contributed by atoms with Crippen molar-refractivity contribution in [1.82, 2.24) is 19.5 Å². The van der Waals surface area contributed by atoms with E-state index in [1.165, 1.54) is 6.20 Å². The molecule has 0 fully saturated rings. The Hall–Kier alpha value is -3.22. The number of imidazole rings is 1. The highest BCUT2D eigenvalue weighted by Gasteiger charge is 2.05. The lowest BCUT2D eigenvalue weighted by Crippen LogP contribution is -1.96. The summed E-state index contributed by atoms with van der Waals surface area (Å²) >= 11 is 0. The highest BCUT2D eigenvalue weighted by molar-refractivity contribution is 5.68. The number of nitrogens with zero attached hydrogens (tertiary/aromatic N) is 4. The average Bonchev–Trinajstić information content (AvgIpc) is 2.97. The van der Waals surface area contributed by atoms with Crippen LogP contribution in [0, 0.1) is 0 Å². The van der Waals surface area contributed by atoms with Gasteiger partial charge in [0, 0.05) is 25.5 Å². The average molecular weight is 295 g/mol. The fraction of sp³-hybridized carbons (Fsp3) is 0.0667. The van der Waals surface area contributed by atoms with Gasteiger partial charge in [0.2, 0.25) is 6.41 Å². The van der Waals surface area contributed by atoms with E-state index in [1.54, 1.807) is 36.8 Å². The first kappa shape index (κ1) is 13.7. The van der Waals surface area contributed by atoms with Crippen molar-refractivity contribution >= 4 is 12.2 Å². The van der Waals surface area contributed by atoms with Crippen molar-refractivity contribution in [2.45, 2.75) is 0 Å². The van der Waals surface area contributed by atoms with Crippen molar-refractivity contribution in [1.29, 1.82) is 0 Å². The van der Waals surface area contributed by atoms with Crippen LogP contribution < -0.4 is 10.1 Å². The zero-order valence-electron chi connectivity index (χ0n) is 11.8. The Balaban J connectivity index is 1.79. The van der Waals surface area contributed by atoms with E-state index in [2.05, 4.69) is 20.3 Å². The Labute approximate surface area is 126 Å². The summed E-state index contributed by atoms with van der Waals surface area (Å²) in [7, 11) is 1.90. The minimum atomic E-state index is 0.464. The molecular formula is C15H13N5O2.